The highest BCUT2D eigenvalue weighted by Gasteiger charge is 2.30. The maximum absolute atomic E-state index is 12.5. The van der Waals surface area contributed by atoms with E-state index in [1.807, 2.05) is 0 Å². The van der Waals surface area contributed by atoms with Gasteiger partial charge in [0.05, 0.1) is 17.7 Å². The number of carbonyl (C=O) groups is 1. The molecular formula is C16H22F3NO3. The molecule has 0 saturated heterocycles. The molecule has 130 valence electrons. The van der Waals surface area contributed by atoms with Crippen molar-refractivity contribution in [3.05, 3.63) is 35.4 Å². The second-order valence-corrected chi connectivity index (χ2v) is 6.40. The second-order valence-electron chi connectivity index (χ2n) is 6.40. The molecule has 0 aliphatic heterocycles. The van der Waals surface area contributed by atoms with E-state index < -0.39 is 35.6 Å². The molecule has 1 aromatic rings. The molecule has 0 radical (unpaired) electrons. The summed E-state index contributed by atoms with van der Waals surface area (Å²) < 4.78 is 42.5. The number of aliphatic hydroxyl groups is 1. The number of benzene rings is 1. The van der Waals surface area contributed by atoms with Gasteiger partial charge in [-0.3, -0.25) is 0 Å². The first-order valence-corrected chi connectivity index (χ1v) is 7.22. The SMILES string of the molecule is C[C@H](NC(=O)OC(C)(C)C)[C@H](O)Cc1ccc(C(F)(F)F)cc1. The fourth-order valence-electron chi connectivity index (χ4n) is 1.84. The number of aliphatic hydroxyl groups excluding tert-OH is 1. The number of rotatable bonds is 4. The van der Waals surface area contributed by atoms with E-state index in [9.17, 15) is 23.1 Å². The van der Waals surface area contributed by atoms with E-state index in [1.165, 1.54) is 12.1 Å². The average Bonchev–Trinajstić information content (AvgIpc) is 2.35. The summed E-state index contributed by atoms with van der Waals surface area (Å²) in [6.45, 7) is 6.75. The molecule has 0 spiro atoms. The number of carbonyl (C=O) groups excluding carboxylic acids is 1. The van der Waals surface area contributed by atoms with Crippen LogP contribution in [0.25, 0.3) is 0 Å². The number of nitrogens with one attached hydrogen (secondary N) is 1. The highest BCUT2D eigenvalue weighted by Crippen LogP contribution is 2.29. The van der Waals surface area contributed by atoms with Gasteiger partial charge in [-0.25, -0.2) is 4.79 Å². The van der Waals surface area contributed by atoms with E-state index in [1.54, 1.807) is 27.7 Å². The Balaban J connectivity index is 2.58. The van der Waals surface area contributed by atoms with Crippen molar-refractivity contribution in [1.29, 1.82) is 0 Å². The van der Waals surface area contributed by atoms with Crippen LogP contribution in [0.4, 0.5) is 18.0 Å². The minimum atomic E-state index is -4.39. The summed E-state index contributed by atoms with van der Waals surface area (Å²) >= 11 is 0. The van der Waals surface area contributed by atoms with Crippen molar-refractivity contribution in [2.45, 2.75) is 58.0 Å². The molecule has 0 unspecified atom stereocenters. The Labute approximate surface area is 133 Å². The highest BCUT2D eigenvalue weighted by atomic mass is 19.4. The Kier molecular flexibility index (Phi) is 6.04. The van der Waals surface area contributed by atoms with Crippen molar-refractivity contribution in [2.75, 3.05) is 0 Å². The third-order valence-electron chi connectivity index (χ3n) is 3.05. The van der Waals surface area contributed by atoms with Gasteiger partial charge in [0, 0.05) is 6.42 Å². The Morgan fingerprint density at radius 2 is 1.74 bits per heavy atom. The number of ether oxygens (including phenoxy) is 1. The molecule has 23 heavy (non-hydrogen) atoms. The predicted molar refractivity (Wildman–Crippen MR) is 80.0 cm³/mol. The predicted octanol–water partition coefficient (Wildman–Crippen LogP) is 3.52. The zero-order valence-corrected chi connectivity index (χ0v) is 13.6. The number of hydrogen-bond acceptors (Lipinski definition) is 3. The zero-order chi connectivity index (χ0) is 17.8. The summed E-state index contributed by atoms with van der Waals surface area (Å²) in [5, 5.41) is 12.6. The van der Waals surface area contributed by atoms with Crippen LogP contribution in [0, 0.1) is 0 Å². The van der Waals surface area contributed by atoms with Gasteiger partial charge in [-0.1, -0.05) is 12.1 Å². The first-order valence-electron chi connectivity index (χ1n) is 7.22. The molecule has 2 N–H and O–H groups in total. The Morgan fingerprint density at radius 3 is 2.17 bits per heavy atom. The van der Waals surface area contributed by atoms with Crippen LogP contribution in [-0.4, -0.2) is 28.9 Å². The molecule has 0 aliphatic rings. The highest BCUT2D eigenvalue weighted by molar-refractivity contribution is 5.68. The van der Waals surface area contributed by atoms with Crippen LogP contribution in [0.15, 0.2) is 24.3 Å². The molecule has 0 heterocycles. The van der Waals surface area contributed by atoms with Crippen molar-refractivity contribution in [1.82, 2.24) is 5.32 Å². The van der Waals surface area contributed by atoms with Crippen molar-refractivity contribution < 1.29 is 27.8 Å². The normalized spacial score (nSPS) is 15.0. The van der Waals surface area contributed by atoms with Crippen molar-refractivity contribution >= 4 is 6.09 Å². The van der Waals surface area contributed by atoms with Crippen LogP contribution in [0.1, 0.15) is 38.8 Å². The third-order valence-corrected chi connectivity index (χ3v) is 3.05. The van der Waals surface area contributed by atoms with E-state index >= 15 is 0 Å². The summed E-state index contributed by atoms with van der Waals surface area (Å²) in [5.41, 5.74) is -0.846. The minimum absolute atomic E-state index is 0.120. The molecule has 1 rings (SSSR count). The maximum Gasteiger partial charge on any atom is 0.416 e. The molecule has 0 saturated carbocycles. The number of halogens is 3. The topological polar surface area (TPSA) is 58.6 Å². The molecule has 0 aliphatic carbocycles. The van der Waals surface area contributed by atoms with E-state index in [0.717, 1.165) is 12.1 Å². The van der Waals surface area contributed by atoms with Gasteiger partial charge in [0.15, 0.2) is 0 Å². The summed E-state index contributed by atoms with van der Waals surface area (Å²) in [6, 6.07) is 3.95. The molecule has 4 nitrogen and oxygen atoms in total. The van der Waals surface area contributed by atoms with Gasteiger partial charge in [-0.2, -0.15) is 13.2 Å². The van der Waals surface area contributed by atoms with Gasteiger partial charge >= 0.3 is 12.3 Å². The van der Waals surface area contributed by atoms with Gasteiger partial charge in [0.25, 0.3) is 0 Å². The van der Waals surface area contributed by atoms with Crippen molar-refractivity contribution in [3.8, 4) is 0 Å². The summed E-state index contributed by atoms with van der Waals surface area (Å²) in [5.74, 6) is 0. The lowest BCUT2D eigenvalue weighted by atomic mass is 10.0. The molecule has 0 bridgehead atoms. The van der Waals surface area contributed by atoms with Gasteiger partial charge in [-0.05, 0) is 45.4 Å². The average molecular weight is 333 g/mol. The lowest BCUT2D eigenvalue weighted by Gasteiger charge is -2.24. The van der Waals surface area contributed by atoms with Gasteiger partial charge in [0.2, 0.25) is 0 Å². The monoisotopic (exact) mass is 333 g/mol. The summed E-state index contributed by atoms with van der Waals surface area (Å²) in [6.07, 6.45) is -5.87. The van der Waals surface area contributed by atoms with Gasteiger partial charge in [-0.15, -0.1) is 0 Å². The number of alkyl halides is 3. The van der Waals surface area contributed by atoms with E-state index in [2.05, 4.69) is 5.32 Å². The van der Waals surface area contributed by atoms with Gasteiger partial charge in [0.1, 0.15) is 5.60 Å². The maximum atomic E-state index is 12.5. The van der Waals surface area contributed by atoms with Crippen LogP contribution in [0.5, 0.6) is 0 Å². The van der Waals surface area contributed by atoms with Crippen molar-refractivity contribution in [3.63, 3.8) is 0 Å². The van der Waals surface area contributed by atoms with Crippen molar-refractivity contribution in [2.24, 2.45) is 0 Å². The lowest BCUT2D eigenvalue weighted by molar-refractivity contribution is -0.137. The number of hydrogen-bond donors (Lipinski definition) is 2. The van der Waals surface area contributed by atoms with Crippen LogP contribution in [-0.2, 0) is 17.3 Å². The first-order chi connectivity index (χ1) is 10.4. The van der Waals surface area contributed by atoms with Crippen LogP contribution in [0.3, 0.4) is 0 Å². The van der Waals surface area contributed by atoms with Gasteiger partial charge < -0.3 is 15.2 Å². The Hall–Kier alpha value is -1.76. The zero-order valence-electron chi connectivity index (χ0n) is 13.6. The lowest BCUT2D eigenvalue weighted by Crippen LogP contribution is -2.44. The fourth-order valence-corrected chi connectivity index (χ4v) is 1.84. The fraction of sp³-hybridized carbons (Fsp3) is 0.562. The largest absolute Gasteiger partial charge is 0.444 e. The van der Waals surface area contributed by atoms with E-state index in [4.69, 9.17) is 4.74 Å². The van der Waals surface area contributed by atoms with Crippen LogP contribution in [0.2, 0.25) is 0 Å². The quantitative estimate of drug-likeness (QED) is 0.886. The molecule has 1 aromatic carbocycles. The molecule has 0 aromatic heterocycles. The third kappa shape index (κ3) is 6.90. The minimum Gasteiger partial charge on any atom is -0.444 e. The first kappa shape index (κ1) is 19.3. The Morgan fingerprint density at radius 1 is 1.22 bits per heavy atom. The second kappa shape index (κ2) is 7.21. The number of alkyl carbamates (subject to hydrolysis) is 1. The van der Waals surface area contributed by atoms with E-state index in [-0.39, 0.29) is 6.42 Å². The molecule has 2 atom stereocenters. The molecular weight excluding hydrogens is 311 g/mol. The molecule has 7 heteroatoms. The number of amides is 1. The molecule has 0 fully saturated rings. The smallest absolute Gasteiger partial charge is 0.416 e. The van der Waals surface area contributed by atoms with Crippen LogP contribution >= 0.6 is 0 Å². The standard InChI is InChI=1S/C16H22F3NO3/c1-10(20-14(22)23-15(2,3)4)13(21)9-11-5-7-12(8-6-11)16(17,18)19/h5-8,10,13,21H,9H2,1-4H3,(H,20,22)/t10-,13+/m0/s1. The summed E-state index contributed by atoms with van der Waals surface area (Å²) in [7, 11) is 0. The van der Waals surface area contributed by atoms with Crippen LogP contribution < -0.4 is 5.32 Å². The summed E-state index contributed by atoms with van der Waals surface area (Å²) in [4.78, 5) is 11.6. The Bertz CT molecular complexity index is 521. The van der Waals surface area contributed by atoms with E-state index in [0.29, 0.717) is 5.56 Å². The molecule has 1 amide bonds.